The summed E-state index contributed by atoms with van der Waals surface area (Å²) in [5, 5.41) is 0.271. The largest absolute Gasteiger partial charge is 0.417 e. The molecule has 23 heavy (non-hydrogen) atoms. The molecule has 0 bridgehead atoms. The predicted octanol–water partition coefficient (Wildman–Crippen LogP) is 5.73. The molecule has 0 aliphatic heterocycles. The van der Waals surface area contributed by atoms with Gasteiger partial charge in [-0.05, 0) is 42.6 Å². The second-order valence-corrected chi connectivity index (χ2v) is 12.9. The summed E-state index contributed by atoms with van der Waals surface area (Å²) >= 11 is 0. The molecule has 1 unspecified atom stereocenters. The Kier molecular flexibility index (Phi) is 7.09. The Labute approximate surface area is 144 Å². The van der Waals surface area contributed by atoms with Crippen molar-refractivity contribution < 1.29 is 4.43 Å². The van der Waals surface area contributed by atoms with E-state index in [9.17, 15) is 0 Å². The molecule has 0 fully saturated rings. The van der Waals surface area contributed by atoms with Gasteiger partial charge in [0.1, 0.15) is 0 Å². The summed E-state index contributed by atoms with van der Waals surface area (Å²) in [6.07, 6.45) is 0.955. The maximum absolute atomic E-state index is 6.27. The fourth-order valence-electron chi connectivity index (χ4n) is 2.23. The normalized spacial score (nSPS) is 13.7. The number of nitrogens with zero attached hydrogens (tertiary/aromatic N) is 1. The second-order valence-electron chi connectivity index (χ2n) is 8.13. The SMILES string of the molecule is C=C(CCO[Si](C)(C)C(C)(C)C)C(C)CN(C)c1ccccc1. The number of benzene rings is 1. The van der Waals surface area contributed by atoms with Gasteiger partial charge in [-0.1, -0.05) is 58.0 Å². The van der Waals surface area contributed by atoms with Gasteiger partial charge in [-0.15, -0.1) is 0 Å². The monoisotopic (exact) mass is 333 g/mol. The van der Waals surface area contributed by atoms with E-state index in [0.29, 0.717) is 5.92 Å². The van der Waals surface area contributed by atoms with Crippen molar-refractivity contribution in [3.63, 3.8) is 0 Å². The van der Waals surface area contributed by atoms with Crippen LogP contribution in [0.2, 0.25) is 18.1 Å². The van der Waals surface area contributed by atoms with Gasteiger partial charge in [-0.25, -0.2) is 0 Å². The van der Waals surface area contributed by atoms with Crippen LogP contribution >= 0.6 is 0 Å². The molecule has 0 saturated carbocycles. The van der Waals surface area contributed by atoms with Crippen LogP contribution in [0.15, 0.2) is 42.5 Å². The van der Waals surface area contributed by atoms with E-state index in [-0.39, 0.29) is 5.04 Å². The summed E-state index contributed by atoms with van der Waals surface area (Å²) in [7, 11) is 0.501. The van der Waals surface area contributed by atoms with Crippen LogP contribution in [0.3, 0.4) is 0 Å². The molecule has 3 heteroatoms. The zero-order valence-corrected chi connectivity index (χ0v) is 17.1. The zero-order chi connectivity index (χ0) is 17.7. The highest BCUT2D eigenvalue weighted by Crippen LogP contribution is 2.36. The predicted molar refractivity (Wildman–Crippen MR) is 106 cm³/mol. The first-order valence-corrected chi connectivity index (χ1v) is 11.5. The van der Waals surface area contributed by atoms with Crippen LogP contribution in [0.1, 0.15) is 34.1 Å². The Balaban J connectivity index is 2.43. The molecule has 1 rings (SSSR count). The average molecular weight is 334 g/mol. The Morgan fingerprint density at radius 3 is 2.30 bits per heavy atom. The third-order valence-electron chi connectivity index (χ3n) is 5.13. The molecule has 0 radical (unpaired) electrons. The fourth-order valence-corrected chi connectivity index (χ4v) is 3.27. The van der Waals surface area contributed by atoms with Gasteiger partial charge < -0.3 is 9.33 Å². The molecule has 0 saturated heterocycles. The van der Waals surface area contributed by atoms with Gasteiger partial charge in [-0.2, -0.15) is 0 Å². The molecule has 1 aromatic rings. The van der Waals surface area contributed by atoms with Crippen molar-refractivity contribution in [2.24, 2.45) is 5.92 Å². The molecule has 0 aliphatic carbocycles. The highest BCUT2D eigenvalue weighted by molar-refractivity contribution is 6.74. The number of hydrogen-bond donors (Lipinski definition) is 0. The number of anilines is 1. The first-order valence-electron chi connectivity index (χ1n) is 8.62. The Morgan fingerprint density at radius 2 is 1.78 bits per heavy atom. The molecule has 0 N–H and O–H groups in total. The standard InChI is InChI=1S/C20H35NOSi/c1-17(14-15-22-23(7,8)20(3,4)5)18(2)16-21(6)19-12-10-9-11-13-19/h9-13,18H,1,14-16H2,2-8H3. The number of hydrogen-bond acceptors (Lipinski definition) is 2. The summed E-state index contributed by atoms with van der Waals surface area (Å²) in [6, 6.07) is 10.5. The van der Waals surface area contributed by atoms with Crippen LogP contribution in [-0.4, -0.2) is 28.5 Å². The van der Waals surface area contributed by atoms with Crippen LogP contribution < -0.4 is 4.90 Å². The van der Waals surface area contributed by atoms with Gasteiger partial charge in [0.25, 0.3) is 0 Å². The summed E-state index contributed by atoms with van der Waals surface area (Å²) in [4.78, 5) is 2.30. The lowest BCUT2D eigenvalue weighted by atomic mass is 9.99. The van der Waals surface area contributed by atoms with E-state index in [1.165, 1.54) is 11.3 Å². The van der Waals surface area contributed by atoms with Crippen LogP contribution in [0.5, 0.6) is 0 Å². The first-order chi connectivity index (χ1) is 10.5. The van der Waals surface area contributed by atoms with E-state index in [4.69, 9.17) is 4.43 Å². The van der Waals surface area contributed by atoms with Crippen LogP contribution in [-0.2, 0) is 4.43 Å². The highest BCUT2D eigenvalue weighted by Gasteiger charge is 2.36. The summed E-state index contributed by atoms with van der Waals surface area (Å²) in [6.45, 7) is 19.8. The molecule has 2 nitrogen and oxygen atoms in total. The third kappa shape index (κ3) is 6.15. The lowest BCUT2D eigenvalue weighted by Gasteiger charge is -2.36. The van der Waals surface area contributed by atoms with Crippen LogP contribution in [0, 0.1) is 5.92 Å². The zero-order valence-electron chi connectivity index (χ0n) is 16.1. The van der Waals surface area contributed by atoms with Gasteiger partial charge in [0.2, 0.25) is 0 Å². The average Bonchev–Trinajstić information content (AvgIpc) is 2.46. The molecule has 0 aliphatic rings. The van der Waals surface area contributed by atoms with Gasteiger partial charge in [-0.3, -0.25) is 0 Å². The van der Waals surface area contributed by atoms with Crippen LogP contribution in [0.4, 0.5) is 5.69 Å². The third-order valence-corrected chi connectivity index (χ3v) is 9.67. The van der Waals surface area contributed by atoms with E-state index in [1.807, 2.05) is 0 Å². The van der Waals surface area contributed by atoms with E-state index in [2.05, 4.69) is 89.6 Å². The van der Waals surface area contributed by atoms with Crippen molar-refractivity contribution in [2.45, 2.75) is 52.2 Å². The maximum Gasteiger partial charge on any atom is 0.191 e. The minimum atomic E-state index is -1.64. The summed E-state index contributed by atoms with van der Waals surface area (Å²) in [5.74, 6) is 0.461. The topological polar surface area (TPSA) is 12.5 Å². The number of para-hydroxylation sites is 1. The Morgan fingerprint density at radius 1 is 1.22 bits per heavy atom. The lowest BCUT2D eigenvalue weighted by molar-refractivity contribution is 0.288. The van der Waals surface area contributed by atoms with Crippen molar-refractivity contribution in [2.75, 3.05) is 25.1 Å². The molecular formula is C20H35NOSi. The lowest BCUT2D eigenvalue weighted by Crippen LogP contribution is -2.41. The minimum absolute atomic E-state index is 0.271. The van der Waals surface area contributed by atoms with E-state index in [1.54, 1.807) is 0 Å². The molecule has 0 amide bonds. The molecule has 0 aromatic heterocycles. The molecular weight excluding hydrogens is 298 g/mol. The van der Waals surface area contributed by atoms with Gasteiger partial charge in [0, 0.05) is 25.9 Å². The Bertz CT molecular complexity index is 490. The fraction of sp³-hybridized carbons (Fsp3) is 0.600. The first kappa shape index (κ1) is 20.0. The summed E-state index contributed by atoms with van der Waals surface area (Å²) < 4.78 is 6.27. The molecule has 1 aromatic carbocycles. The molecule has 0 spiro atoms. The molecule has 130 valence electrons. The second kappa shape index (κ2) is 8.16. The van der Waals surface area contributed by atoms with Crippen molar-refractivity contribution in [3.8, 4) is 0 Å². The quantitative estimate of drug-likeness (QED) is 0.445. The highest BCUT2D eigenvalue weighted by atomic mass is 28.4. The van der Waals surface area contributed by atoms with Gasteiger partial charge in [0.05, 0.1) is 0 Å². The van der Waals surface area contributed by atoms with Crippen molar-refractivity contribution in [1.82, 2.24) is 0 Å². The minimum Gasteiger partial charge on any atom is -0.417 e. The molecule has 0 heterocycles. The maximum atomic E-state index is 6.27. The van der Waals surface area contributed by atoms with E-state index >= 15 is 0 Å². The summed E-state index contributed by atoms with van der Waals surface area (Å²) in [5.41, 5.74) is 2.54. The van der Waals surface area contributed by atoms with Crippen molar-refractivity contribution in [3.05, 3.63) is 42.5 Å². The van der Waals surface area contributed by atoms with Crippen molar-refractivity contribution in [1.29, 1.82) is 0 Å². The number of rotatable bonds is 8. The smallest absolute Gasteiger partial charge is 0.191 e. The van der Waals surface area contributed by atoms with E-state index in [0.717, 1.165) is 19.6 Å². The van der Waals surface area contributed by atoms with Gasteiger partial charge in [0.15, 0.2) is 8.32 Å². The van der Waals surface area contributed by atoms with Crippen LogP contribution in [0.25, 0.3) is 0 Å². The van der Waals surface area contributed by atoms with Crippen molar-refractivity contribution >= 4 is 14.0 Å². The van der Waals surface area contributed by atoms with Gasteiger partial charge >= 0.3 is 0 Å². The molecule has 1 atom stereocenters. The Hall–Kier alpha value is -1.06. The van der Waals surface area contributed by atoms with E-state index < -0.39 is 8.32 Å².